The summed E-state index contributed by atoms with van der Waals surface area (Å²) in [5.41, 5.74) is 4.53. The highest BCUT2D eigenvalue weighted by Crippen LogP contribution is 2.22. The van der Waals surface area contributed by atoms with E-state index >= 15 is 0 Å². The maximum atomic E-state index is 11.8. The van der Waals surface area contributed by atoms with Crippen molar-refractivity contribution in [1.29, 1.82) is 0 Å². The van der Waals surface area contributed by atoms with Gasteiger partial charge in [-0.2, -0.15) is 13.2 Å². The first kappa shape index (κ1) is 14.2. The van der Waals surface area contributed by atoms with Gasteiger partial charge >= 0.3 is 12.1 Å². The molecule has 0 bridgehead atoms. The van der Waals surface area contributed by atoms with Crippen molar-refractivity contribution in [1.82, 2.24) is 0 Å². The van der Waals surface area contributed by atoms with E-state index in [0.29, 0.717) is 0 Å². The number of alkyl halides is 3. The molecule has 0 radical (unpaired) electrons. The van der Waals surface area contributed by atoms with Crippen molar-refractivity contribution in [2.24, 2.45) is 5.73 Å². The van der Waals surface area contributed by atoms with Crippen LogP contribution in [0.15, 0.2) is 0 Å². The van der Waals surface area contributed by atoms with E-state index in [1.54, 1.807) is 20.8 Å². The van der Waals surface area contributed by atoms with Crippen molar-refractivity contribution in [3.05, 3.63) is 0 Å². The number of halogens is 3. The van der Waals surface area contributed by atoms with Crippen LogP contribution in [-0.2, 0) is 9.53 Å². The van der Waals surface area contributed by atoms with Crippen LogP contribution in [0.5, 0.6) is 0 Å². The lowest BCUT2D eigenvalue weighted by molar-refractivity contribution is -0.159. The Hall–Kier alpha value is -0.780. The van der Waals surface area contributed by atoms with E-state index in [1.807, 2.05) is 0 Å². The van der Waals surface area contributed by atoms with Crippen molar-refractivity contribution in [3.8, 4) is 0 Å². The van der Waals surface area contributed by atoms with Gasteiger partial charge in [-0.25, -0.2) is 0 Å². The molecule has 0 aromatic rings. The smallest absolute Gasteiger partial charge is 0.389 e. The third-order valence-electron chi connectivity index (χ3n) is 1.45. The maximum Gasteiger partial charge on any atom is 0.389 e. The minimum atomic E-state index is -4.29. The molecule has 0 saturated carbocycles. The van der Waals surface area contributed by atoms with Crippen molar-refractivity contribution < 1.29 is 22.7 Å². The van der Waals surface area contributed by atoms with E-state index in [9.17, 15) is 18.0 Å². The van der Waals surface area contributed by atoms with Crippen LogP contribution in [0.1, 0.15) is 33.6 Å². The molecule has 3 nitrogen and oxygen atoms in total. The third kappa shape index (κ3) is 8.23. The van der Waals surface area contributed by atoms with Gasteiger partial charge in [-0.3, -0.25) is 4.79 Å². The Morgan fingerprint density at radius 3 is 2.13 bits per heavy atom. The Morgan fingerprint density at radius 1 is 1.33 bits per heavy atom. The van der Waals surface area contributed by atoms with Crippen LogP contribution in [0, 0.1) is 0 Å². The predicted octanol–water partition coefficient (Wildman–Crippen LogP) is 2.00. The highest BCUT2D eigenvalue weighted by molar-refractivity contribution is 5.75. The number of hydrogen-bond acceptors (Lipinski definition) is 3. The number of ether oxygens (including phenoxy) is 1. The standard InChI is InChI=1S/C9H16F3NO2/c1-8(2,3)15-7(14)6(13)4-5-9(10,11)12/h6H,4-5,13H2,1-3H3/t6-/m1/s1. The normalized spacial score (nSPS) is 14.9. The highest BCUT2D eigenvalue weighted by atomic mass is 19.4. The number of hydrogen-bond donors (Lipinski definition) is 1. The van der Waals surface area contributed by atoms with Crippen molar-refractivity contribution in [2.45, 2.75) is 51.4 Å². The molecule has 0 fully saturated rings. The Kier molecular flexibility index (Phi) is 4.58. The summed E-state index contributed by atoms with van der Waals surface area (Å²) in [5, 5.41) is 0. The fourth-order valence-electron chi connectivity index (χ4n) is 0.814. The number of carbonyl (C=O) groups is 1. The van der Waals surface area contributed by atoms with Crippen molar-refractivity contribution in [2.75, 3.05) is 0 Å². The van der Waals surface area contributed by atoms with Crippen molar-refractivity contribution >= 4 is 5.97 Å². The van der Waals surface area contributed by atoms with Crippen LogP contribution in [0.2, 0.25) is 0 Å². The molecule has 0 spiro atoms. The van der Waals surface area contributed by atoms with Gasteiger partial charge in [-0.15, -0.1) is 0 Å². The summed E-state index contributed by atoms with van der Waals surface area (Å²) in [4.78, 5) is 11.2. The lowest BCUT2D eigenvalue weighted by Gasteiger charge is -2.22. The zero-order valence-electron chi connectivity index (χ0n) is 9.02. The Balaban J connectivity index is 4.01. The van der Waals surface area contributed by atoms with Gasteiger partial charge in [0.05, 0.1) is 0 Å². The lowest BCUT2D eigenvalue weighted by atomic mass is 10.1. The molecule has 0 aliphatic carbocycles. The number of esters is 1. The summed E-state index contributed by atoms with van der Waals surface area (Å²) in [6.45, 7) is 4.88. The van der Waals surface area contributed by atoms with Gasteiger partial charge in [-0.1, -0.05) is 0 Å². The van der Waals surface area contributed by atoms with Gasteiger partial charge < -0.3 is 10.5 Å². The summed E-state index contributed by atoms with van der Waals surface area (Å²) in [7, 11) is 0. The molecule has 90 valence electrons. The number of nitrogens with two attached hydrogens (primary N) is 1. The second-order valence-electron chi connectivity index (χ2n) is 4.29. The molecule has 0 aliphatic rings. The van der Waals surface area contributed by atoms with Crippen LogP contribution in [0.4, 0.5) is 13.2 Å². The monoisotopic (exact) mass is 227 g/mol. The van der Waals surface area contributed by atoms with Crippen LogP contribution < -0.4 is 5.73 Å². The minimum absolute atomic E-state index is 0.446. The van der Waals surface area contributed by atoms with E-state index in [0.717, 1.165) is 0 Å². The van der Waals surface area contributed by atoms with Crippen LogP contribution in [0.3, 0.4) is 0 Å². The van der Waals surface area contributed by atoms with E-state index in [4.69, 9.17) is 10.5 Å². The van der Waals surface area contributed by atoms with Gasteiger partial charge in [0.15, 0.2) is 0 Å². The zero-order valence-corrected chi connectivity index (χ0v) is 9.02. The maximum absolute atomic E-state index is 11.8. The van der Waals surface area contributed by atoms with Crippen molar-refractivity contribution in [3.63, 3.8) is 0 Å². The summed E-state index contributed by atoms with van der Waals surface area (Å²) >= 11 is 0. The fraction of sp³-hybridized carbons (Fsp3) is 0.889. The molecule has 0 saturated heterocycles. The number of carbonyl (C=O) groups excluding carboxylic acids is 1. The van der Waals surface area contributed by atoms with Gasteiger partial charge in [0.25, 0.3) is 0 Å². The first-order valence-corrected chi connectivity index (χ1v) is 4.56. The summed E-state index contributed by atoms with van der Waals surface area (Å²) in [5.74, 6) is -0.799. The molecule has 0 aromatic carbocycles. The van der Waals surface area contributed by atoms with E-state index < -0.39 is 36.6 Å². The fourth-order valence-corrected chi connectivity index (χ4v) is 0.814. The molecule has 0 heterocycles. The second-order valence-corrected chi connectivity index (χ2v) is 4.29. The number of rotatable bonds is 3. The van der Waals surface area contributed by atoms with E-state index in [2.05, 4.69) is 0 Å². The largest absolute Gasteiger partial charge is 0.459 e. The molecule has 0 rings (SSSR count). The Labute approximate surface area is 86.8 Å². The predicted molar refractivity (Wildman–Crippen MR) is 49.1 cm³/mol. The molecule has 0 amide bonds. The molecule has 0 aliphatic heterocycles. The summed E-state index contributed by atoms with van der Waals surface area (Å²) in [6, 6.07) is -1.22. The van der Waals surface area contributed by atoms with Crippen LogP contribution in [0.25, 0.3) is 0 Å². The molecular weight excluding hydrogens is 211 g/mol. The first-order valence-electron chi connectivity index (χ1n) is 4.56. The molecule has 6 heteroatoms. The summed E-state index contributed by atoms with van der Waals surface area (Å²) < 4.78 is 40.3. The molecule has 0 unspecified atom stereocenters. The van der Waals surface area contributed by atoms with Crippen LogP contribution in [-0.4, -0.2) is 23.8 Å². The average molecular weight is 227 g/mol. The zero-order chi connectivity index (χ0) is 12.3. The molecular formula is C9H16F3NO2. The van der Waals surface area contributed by atoms with Gasteiger partial charge in [0.1, 0.15) is 11.6 Å². The molecule has 2 N–H and O–H groups in total. The second kappa shape index (κ2) is 4.83. The van der Waals surface area contributed by atoms with Crippen LogP contribution >= 0.6 is 0 Å². The third-order valence-corrected chi connectivity index (χ3v) is 1.45. The topological polar surface area (TPSA) is 52.3 Å². The average Bonchev–Trinajstić information content (AvgIpc) is 1.95. The highest BCUT2D eigenvalue weighted by Gasteiger charge is 2.30. The van der Waals surface area contributed by atoms with E-state index in [1.165, 1.54) is 0 Å². The van der Waals surface area contributed by atoms with Gasteiger partial charge in [-0.05, 0) is 27.2 Å². The molecule has 15 heavy (non-hydrogen) atoms. The SMILES string of the molecule is CC(C)(C)OC(=O)[C@H](N)CCC(F)(F)F. The van der Waals surface area contributed by atoms with Gasteiger partial charge in [0.2, 0.25) is 0 Å². The van der Waals surface area contributed by atoms with Gasteiger partial charge in [0, 0.05) is 6.42 Å². The Bertz CT molecular complexity index is 220. The van der Waals surface area contributed by atoms with E-state index in [-0.39, 0.29) is 0 Å². The first-order chi connectivity index (χ1) is 6.51. The Morgan fingerprint density at radius 2 is 1.80 bits per heavy atom. The minimum Gasteiger partial charge on any atom is -0.459 e. The summed E-state index contributed by atoms with van der Waals surface area (Å²) in [6.07, 6.45) is -5.81. The quantitative estimate of drug-likeness (QED) is 0.750. The lowest BCUT2D eigenvalue weighted by Crippen LogP contribution is -2.38. The molecule has 0 aromatic heterocycles. The molecule has 1 atom stereocenters.